The Morgan fingerprint density at radius 3 is 2.83 bits per heavy atom. The molecular formula is C8H13N3O. The summed E-state index contributed by atoms with van der Waals surface area (Å²) >= 11 is 0. The van der Waals surface area contributed by atoms with Gasteiger partial charge in [0, 0.05) is 24.0 Å². The zero-order valence-electron chi connectivity index (χ0n) is 7.28. The molecule has 0 amide bonds. The molecule has 1 unspecified atom stereocenters. The molecule has 0 spiro atoms. The molecular weight excluding hydrogens is 154 g/mol. The zero-order valence-corrected chi connectivity index (χ0v) is 7.28. The highest BCUT2D eigenvalue weighted by molar-refractivity contribution is 5.21. The molecule has 0 aromatic carbocycles. The molecule has 0 bridgehead atoms. The van der Waals surface area contributed by atoms with Gasteiger partial charge in [0.2, 0.25) is 0 Å². The van der Waals surface area contributed by atoms with Crippen molar-refractivity contribution >= 4 is 0 Å². The number of hydrogen-bond acceptors (Lipinski definition) is 4. The smallest absolute Gasteiger partial charge is 0.115 e. The molecule has 0 saturated carbocycles. The van der Waals surface area contributed by atoms with Gasteiger partial charge in [-0.1, -0.05) is 0 Å². The van der Waals surface area contributed by atoms with E-state index in [1.54, 1.807) is 13.1 Å². The molecule has 1 aromatic rings. The van der Waals surface area contributed by atoms with Crippen LogP contribution >= 0.6 is 0 Å². The van der Waals surface area contributed by atoms with Crippen LogP contribution in [0.1, 0.15) is 18.2 Å². The number of hydrogen-bond donors (Lipinski definition) is 2. The van der Waals surface area contributed by atoms with Crippen molar-refractivity contribution in [2.75, 3.05) is 6.54 Å². The maximum absolute atomic E-state index is 9.77. The van der Waals surface area contributed by atoms with E-state index < -0.39 is 5.60 Å². The molecule has 66 valence electrons. The fourth-order valence-corrected chi connectivity index (χ4v) is 1.03. The van der Waals surface area contributed by atoms with Crippen molar-refractivity contribution in [1.29, 1.82) is 0 Å². The summed E-state index contributed by atoms with van der Waals surface area (Å²) in [6, 6.07) is 0. The summed E-state index contributed by atoms with van der Waals surface area (Å²) in [5.74, 6) is 0. The van der Waals surface area contributed by atoms with E-state index >= 15 is 0 Å². The van der Waals surface area contributed by atoms with Gasteiger partial charge >= 0.3 is 0 Å². The molecule has 0 aliphatic heterocycles. The van der Waals surface area contributed by atoms with Crippen LogP contribution in [0.25, 0.3) is 0 Å². The van der Waals surface area contributed by atoms with Crippen molar-refractivity contribution < 1.29 is 5.11 Å². The average molecular weight is 167 g/mol. The zero-order chi connectivity index (χ0) is 9.19. The minimum absolute atomic E-state index is 0.168. The Hall–Kier alpha value is -1.00. The van der Waals surface area contributed by atoms with E-state index in [-0.39, 0.29) is 6.54 Å². The second-order valence-corrected chi connectivity index (χ2v) is 3.00. The monoisotopic (exact) mass is 167 g/mol. The fraction of sp³-hybridized carbons (Fsp3) is 0.500. The number of nitrogens with two attached hydrogens (primary N) is 1. The number of aliphatic hydroxyl groups is 1. The van der Waals surface area contributed by atoms with Gasteiger partial charge in [-0.15, -0.1) is 0 Å². The van der Waals surface area contributed by atoms with Gasteiger partial charge in [0.05, 0.1) is 0 Å². The van der Waals surface area contributed by atoms with Crippen molar-refractivity contribution in [3.8, 4) is 0 Å². The summed E-state index contributed by atoms with van der Waals surface area (Å²) in [6.07, 6.45) is 3.04. The van der Waals surface area contributed by atoms with Crippen LogP contribution in [-0.2, 0) is 5.60 Å². The van der Waals surface area contributed by atoms with Crippen LogP contribution in [0.4, 0.5) is 0 Å². The normalized spacial score (nSPS) is 15.7. The second-order valence-electron chi connectivity index (χ2n) is 3.00. The SMILES string of the molecule is Cc1ncncc1C(C)(O)CN. The Bertz CT molecular complexity index is 273. The van der Waals surface area contributed by atoms with E-state index in [1.807, 2.05) is 6.92 Å². The molecule has 3 N–H and O–H groups in total. The highest BCUT2D eigenvalue weighted by Crippen LogP contribution is 2.19. The van der Waals surface area contributed by atoms with E-state index in [9.17, 15) is 5.11 Å². The molecule has 4 heteroatoms. The molecule has 12 heavy (non-hydrogen) atoms. The first kappa shape index (κ1) is 9.09. The third-order valence-electron chi connectivity index (χ3n) is 1.89. The molecule has 0 saturated heterocycles. The third kappa shape index (κ3) is 1.60. The molecule has 1 aromatic heterocycles. The lowest BCUT2D eigenvalue weighted by Gasteiger charge is -2.22. The molecule has 4 nitrogen and oxygen atoms in total. The van der Waals surface area contributed by atoms with E-state index in [0.717, 1.165) is 5.69 Å². The van der Waals surface area contributed by atoms with Gasteiger partial charge in [-0.05, 0) is 13.8 Å². The van der Waals surface area contributed by atoms with Crippen LogP contribution in [0.3, 0.4) is 0 Å². The van der Waals surface area contributed by atoms with Crippen molar-refractivity contribution in [1.82, 2.24) is 9.97 Å². The van der Waals surface area contributed by atoms with Crippen molar-refractivity contribution in [2.24, 2.45) is 5.73 Å². The molecule has 1 atom stereocenters. The van der Waals surface area contributed by atoms with Crippen molar-refractivity contribution in [3.63, 3.8) is 0 Å². The van der Waals surface area contributed by atoms with E-state index in [0.29, 0.717) is 5.56 Å². The Labute approximate surface area is 71.5 Å². The molecule has 1 heterocycles. The molecule has 0 fully saturated rings. The first-order valence-corrected chi connectivity index (χ1v) is 3.77. The summed E-state index contributed by atoms with van der Waals surface area (Å²) in [5, 5.41) is 9.77. The van der Waals surface area contributed by atoms with Crippen LogP contribution in [0, 0.1) is 6.92 Å². The van der Waals surface area contributed by atoms with Crippen LogP contribution in [0.5, 0.6) is 0 Å². The Kier molecular flexibility index (Phi) is 2.40. The Morgan fingerprint density at radius 2 is 2.33 bits per heavy atom. The molecule has 0 aliphatic carbocycles. The van der Waals surface area contributed by atoms with Crippen molar-refractivity contribution in [2.45, 2.75) is 19.4 Å². The standard InChI is InChI=1S/C8H13N3O/c1-6-7(3-10-5-11-6)8(2,12)4-9/h3,5,12H,4,9H2,1-2H3. The van der Waals surface area contributed by atoms with Gasteiger partial charge in [0.1, 0.15) is 11.9 Å². The average Bonchev–Trinajstić information content (AvgIpc) is 2.05. The number of nitrogens with zero attached hydrogens (tertiary/aromatic N) is 2. The summed E-state index contributed by atoms with van der Waals surface area (Å²) in [4.78, 5) is 7.80. The van der Waals surface area contributed by atoms with Crippen molar-refractivity contribution in [3.05, 3.63) is 23.8 Å². The van der Waals surface area contributed by atoms with Gasteiger partial charge in [0.15, 0.2) is 0 Å². The minimum Gasteiger partial charge on any atom is -0.384 e. The number of aromatic nitrogens is 2. The predicted octanol–water partition coefficient (Wildman–Crippen LogP) is -0.0488. The minimum atomic E-state index is -1.02. The quantitative estimate of drug-likeness (QED) is 0.648. The third-order valence-corrected chi connectivity index (χ3v) is 1.89. The highest BCUT2D eigenvalue weighted by Gasteiger charge is 2.23. The Morgan fingerprint density at radius 1 is 1.67 bits per heavy atom. The summed E-state index contributed by atoms with van der Waals surface area (Å²) in [6.45, 7) is 3.64. The largest absolute Gasteiger partial charge is 0.384 e. The fourth-order valence-electron chi connectivity index (χ4n) is 1.03. The topological polar surface area (TPSA) is 72.0 Å². The van der Waals surface area contributed by atoms with Crippen LogP contribution < -0.4 is 5.73 Å². The van der Waals surface area contributed by atoms with E-state index in [1.165, 1.54) is 6.33 Å². The van der Waals surface area contributed by atoms with Gasteiger partial charge in [0.25, 0.3) is 0 Å². The van der Waals surface area contributed by atoms with E-state index in [2.05, 4.69) is 9.97 Å². The Balaban J connectivity index is 3.10. The van der Waals surface area contributed by atoms with Gasteiger partial charge in [-0.3, -0.25) is 0 Å². The molecule has 0 radical (unpaired) electrons. The molecule has 1 rings (SSSR count). The van der Waals surface area contributed by atoms with Gasteiger partial charge < -0.3 is 10.8 Å². The summed E-state index contributed by atoms with van der Waals surface area (Å²) < 4.78 is 0. The predicted molar refractivity (Wildman–Crippen MR) is 45.4 cm³/mol. The first-order chi connectivity index (χ1) is 5.58. The summed E-state index contributed by atoms with van der Waals surface area (Å²) in [7, 11) is 0. The van der Waals surface area contributed by atoms with Crippen LogP contribution in [0.15, 0.2) is 12.5 Å². The lowest BCUT2D eigenvalue weighted by atomic mass is 9.97. The lowest BCUT2D eigenvalue weighted by molar-refractivity contribution is 0.0653. The van der Waals surface area contributed by atoms with Crippen LogP contribution in [0.2, 0.25) is 0 Å². The number of rotatable bonds is 2. The second kappa shape index (κ2) is 3.16. The maximum atomic E-state index is 9.77. The van der Waals surface area contributed by atoms with Gasteiger partial charge in [-0.2, -0.15) is 0 Å². The number of aryl methyl sites for hydroxylation is 1. The highest BCUT2D eigenvalue weighted by atomic mass is 16.3. The van der Waals surface area contributed by atoms with Gasteiger partial charge in [-0.25, -0.2) is 9.97 Å². The van der Waals surface area contributed by atoms with E-state index in [4.69, 9.17) is 5.73 Å². The summed E-state index contributed by atoms with van der Waals surface area (Å²) in [5.41, 5.74) is 5.83. The maximum Gasteiger partial charge on any atom is 0.115 e. The van der Waals surface area contributed by atoms with Crippen LogP contribution in [-0.4, -0.2) is 21.6 Å². The lowest BCUT2D eigenvalue weighted by Crippen LogP contribution is -2.32. The molecule has 0 aliphatic rings. The first-order valence-electron chi connectivity index (χ1n) is 3.77.